The number of ether oxygens (including phenoxy) is 2. The number of hydrogen-bond donors (Lipinski definition) is 0. The molecular formula is C20H19N3O4. The lowest BCUT2D eigenvalue weighted by molar-refractivity contribution is 0.0984. The van der Waals surface area contributed by atoms with Crippen LogP contribution in [-0.2, 0) is 13.0 Å². The van der Waals surface area contributed by atoms with E-state index in [-0.39, 0.29) is 12.5 Å². The summed E-state index contributed by atoms with van der Waals surface area (Å²) in [4.78, 5) is 19.1. The molecule has 0 unspecified atom stereocenters. The van der Waals surface area contributed by atoms with E-state index in [0.29, 0.717) is 29.6 Å². The van der Waals surface area contributed by atoms with Gasteiger partial charge < -0.3 is 18.9 Å². The fourth-order valence-electron chi connectivity index (χ4n) is 3.17. The molecule has 7 heteroatoms. The predicted molar refractivity (Wildman–Crippen MR) is 98.2 cm³/mol. The van der Waals surface area contributed by atoms with Crippen molar-refractivity contribution in [3.63, 3.8) is 0 Å². The first kappa shape index (κ1) is 17.1. The van der Waals surface area contributed by atoms with E-state index in [4.69, 9.17) is 14.0 Å². The second-order valence-electron chi connectivity index (χ2n) is 6.22. The van der Waals surface area contributed by atoms with Crippen molar-refractivity contribution < 1.29 is 18.8 Å². The maximum absolute atomic E-state index is 13.2. The summed E-state index contributed by atoms with van der Waals surface area (Å²) in [5, 5.41) is 3.81. The first-order valence-corrected chi connectivity index (χ1v) is 8.65. The van der Waals surface area contributed by atoms with Crippen molar-refractivity contribution in [3.8, 4) is 11.5 Å². The smallest absolute Gasteiger partial charge is 0.262 e. The van der Waals surface area contributed by atoms with Crippen molar-refractivity contribution in [2.24, 2.45) is 0 Å². The molecule has 0 saturated heterocycles. The molecule has 0 N–H and O–H groups in total. The maximum atomic E-state index is 13.2. The van der Waals surface area contributed by atoms with Gasteiger partial charge in [0.1, 0.15) is 11.5 Å². The topological polar surface area (TPSA) is 77.7 Å². The van der Waals surface area contributed by atoms with Gasteiger partial charge in [-0.25, -0.2) is 0 Å². The summed E-state index contributed by atoms with van der Waals surface area (Å²) in [6.45, 7) is 2.48. The first-order valence-electron chi connectivity index (χ1n) is 8.65. The summed E-state index contributed by atoms with van der Waals surface area (Å²) >= 11 is 0. The Bertz CT molecular complexity index is 983. The number of carbonyl (C=O) groups excluding carboxylic acids is 1. The molecule has 1 aliphatic rings. The van der Waals surface area contributed by atoms with Gasteiger partial charge in [0.25, 0.3) is 5.91 Å². The number of benzene rings is 2. The number of fused-ring (bicyclic) bond motifs is 1. The van der Waals surface area contributed by atoms with Crippen LogP contribution < -0.4 is 14.4 Å². The molecule has 4 rings (SSSR count). The third-order valence-electron chi connectivity index (χ3n) is 4.47. The number of hydrogen-bond acceptors (Lipinski definition) is 6. The highest BCUT2D eigenvalue weighted by Gasteiger charge is 2.27. The van der Waals surface area contributed by atoms with Crippen LogP contribution in [0.2, 0.25) is 0 Å². The van der Waals surface area contributed by atoms with Gasteiger partial charge in [-0.05, 0) is 42.3 Å². The van der Waals surface area contributed by atoms with Gasteiger partial charge in [-0.3, -0.25) is 4.79 Å². The molecule has 2 heterocycles. The first-order chi connectivity index (χ1) is 13.2. The Morgan fingerprint density at radius 3 is 2.89 bits per heavy atom. The lowest BCUT2D eigenvalue weighted by Gasteiger charge is -2.19. The number of methoxy groups -OCH3 is 1. The van der Waals surface area contributed by atoms with E-state index in [0.717, 1.165) is 23.4 Å². The van der Waals surface area contributed by atoms with Crippen LogP contribution in [0.4, 0.5) is 5.69 Å². The number of carbonyl (C=O) groups is 1. The number of aryl methyl sites for hydroxylation is 1. The average Bonchev–Trinajstić information content (AvgIpc) is 3.31. The van der Waals surface area contributed by atoms with Crippen LogP contribution in [0.3, 0.4) is 0 Å². The molecular weight excluding hydrogens is 346 g/mol. The van der Waals surface area contributed by atoms with Gasteiger partial charge in [-0.2, -0.15) is 4.98 Å². The van der Waals surface area contributed by atoms with Crippen molar-refractivity contribution in [2.45, 2.75) is 20.0 Å². The van der Waals surface area contributed by atoms with Crippen LogP contribution in [-0.4, -0.2) is 29.7 Å². The van der Waals surface area contributed by atoms with E-state index < -0.39 is 0 Å². The Balaban J connectivity index is 1.57. The minimum Gasteiger partial charge on any atom is -0.497 e. The molecule has 0 saturated carbocycles. The SMILES string of the molecule is COc1ccc2c(c1)CCN2C(=O)c1ccccc1OCc1noc(C)n1. The van der Waals surface area contributed by atoms with E-state index in [1.807, 2.05) is 30.3 Å². The quantitative estimate of drug-likeness (QED) is 0.691. The number of anilines is 1. The lowest BCUT2D eigenvalue weighted by atomic mass is 10.1. The van der Waals surface area contributed by atoms with Crippen LogP contribution in [0, 0.1) is 6.92 Å². The monoisotopic (exact) mass is 365 g/mol. The molecule has 27 heavy (non-hydrogen) atoms. The normalized spacial score (nSPS) is 12.7. The highest BCUT2D eigenvalue weighted by Crippen LogP contribution is 2.33. The number of para-hydroxylation sites is 1. The summed E-state index contributed by atoms with van der Waals surface area (Å²) in [6, 6.07) is 12.9. The summed E-state index contributed by atoms with van der Waals surface area (Å²) in [6.07, 6.45) is 0.795. The summed E-state index contributed by atoms with van der Waals surface area (Å²) in [7, 11) is 1.64. The molecule has 3 aromatic rings. The number of nitrogens with zero attached hydrogens (tertiary/aromatic N) is 3. The van der Waals surface area contributed by atoms with Crippen LogP contribution in [0.15, 0.2) is 47.0 Å². The van der Waals surface area contributed by atoms with Crippen LogP contribution >= 0.6 is 0 Å². The molecule has 138 valence electrons. The number of rotatable bonds is 5. The molecule has 1 amide bonds. The van der Waals surface area contributed by atoms with Gasteiger partial charge in [0.05, 0.1) is 12.7 Å². The van der Waals surface area contributed by atoms with E-state index in [2.05, 4.69) is 10.1 Å². The molecule has 0 spiro atoms. The fraction of sp³-hybridized carbons (Fsp3) is 0.250. The fourth-order valence-corrected chi connectivity index (χ4v) is 3.17. The lowest BCUT2D eigenvalue weighted by Crippen LogP contribution is -2.29. The van der Waals surface area contributed by atoms with Crippen molar-refractivity contribution in [1.82, 2.24) is 10.1 Å². The van der Waals surface area contributed by atoms with Gasteiger partial charge >= 0.3 is 0 Å². The van der Waals surface area contributed by atoms with Gasteiger partial charge in [-0.15, -0.1) is 0 Å². The van der Waals surface area contributed by atoms with Gasteiger partial charge in [-0.1, -0.05) is 17.3 Å². The zero-order valence-corrected chi connectivity index (χ0v) is 15.1. The number of amides is 1. The molecule has 0 fully saturated rings. The highest BCUT2D eigenvalue weighted by molar-refractivity contribution is 6.09. The zero-order valence-electron chi connectivity index (χ0n) is 15.1. The van der Waals surface area contributed by atoms with Crippen molar-refractivity contribution in [2.75, 3.05) is 18.6 Å². The van der Waals surface area contributed by atoms with E-state index in [1.54, 1.807) is 31.1 Å². The average molecular weight is 365 g/mol. The van der Waals surface area contributed by atoms with Crippen molar-refractivity contribution in [1.29, 1.82) is 0 Å². The zero-order chi connectivity index (χ0) is 18.8. The molecule has 0 atom stereocenters. The van der Waals surface area contributed by atoms with E-state index >= 15 is 0 Å². The second kappa shape index (κ2) is 7.11. The largest absolute Gasteiger partial charge is 0.497 e. The highest BCUT2D eigenvalue weighted by atomic mass is 16.5. The van der Waals surface area contributed by atoms with Gasteiger partial charge in [0.2, 0.25) is 11.7 Å². The summed E-state index contributed by atoms with van der Waals surface area (Å²) < 4.78 is 16.0. The van der Waals surface area contributed by atoms with Crippen LogP contribution in [0.5, 0.6) is 11.5 Å². The van der Waals surface area contributed by atoms with Crippen molar-refractivity contribution >= 4 is 11.6 Å². The second-order valence-corrected chi connectivity index (χ2v) is 6.22. The van der Waals surface area contributed by atoms with Crippen LogP contribution in [0.1, 0.15) is 27.6 Å². The predicted octanol–water partition coefficient (Wildman–Crippen LogP) is 3.17. The molecule has 1 aliphatic heterocycles. The molecule has 0 radical (unpaired) electrons. The minimum absolute atomic E-state index is 0.0983. The number of aromatic nitrogens is 2. The van der Waals surface area contributed by atoms with E-state index in [1.165, 1.54) is 0 Å². The molecule has 7 nitrogen and oxygen atoms in total. The third kappa shape index (κ3) is 3.36. The summed E-state index contributed by atoms with van der Waals surface area (Å²) in [5.74, 6) is 2.10. The maximum Gasteiger partial charge on any atom is 0.262 e. The third-order valence-corrected chi connectivity index (χ3v) is 4.47. The Kier molecular flexibility index (Phi) is 4.50. The molecule has 2 aromatic carbocycles. The Hall–Kier alpha value is -3.35. The molecule has 0 bridgehead atoms. The molecule has 1 aromatic heterocycles. The Morgan fingerprint density at radius 1 is 1.26 bits per heavy atom. The minimum atomic E-state index is -0.0983. The Morgan fingerprint density at radius 2 is 2.11 bits per heavy atom. The van der Waals surface area contributed by atoms with Gasteiger partial charge in [0.15, 0.2) is 6.61 Å². The van der Waals surface area contributed by atoms with Crippen molar-refractivity contribution in [3.05, 3.63) is 65.3 Å². The van der Waals surface area contributed by atoms with Gasteiger partial charge in [0, 0.05) is 19.2 Å². The van der Waals surface area contributed by atoms with Crippen LogP contribution in [0.25, 0.3) is 0 Å². The Labute approximate surface area is 156 Å². The molecule has 0 aliphatic carbocycles. The standard InChI is InChI=1S/C20H19N3O4/c1-13-21-19(22-27-13)12-26-18-6-4-3-5-16(18)20(24)23-10-9-14-11-15(25-2)7-8-17(14)23/h3-8,11H,9-10,12H2,1-2H3. The van der Waals surface area contributed by atoms with E-state index in [9.17, 15) is 4.79 Å². The summed E-state index contributed by atoms with van der Waals surface area (Å²) in [5.41, 5.74) is 2.51.